The average Bonchev–Trinajstić information content (AvgIpc) is 2.52. The second-order valence-electron chi connectivity index (χ2n) is 5.50. The number of rotatable bonds is 8. The molecular formula is C17H30IN3O2. The molecule has 0 aromatic heterocycles. The molecule has 5 nitrogen and oxygen atoms in total. The number of aliphatic hydroxyl groups excluding tert-OH is 1. The van der Waals surface area contributed by atoms with Crippen molar-refractivity contribution in [3.05, 3.63) is 29.3 Å². The number of aliphatic hydroxyl groups is 1. The molecule has 0 heterocycles. The molecule has 1 unspecified atom stereocenters. The van der Waals surface area contributed by atoms with E-state index in [1.54, 1.807) is 7.11 Å². The lowest BCUT2D eigenvalue weighted by atomic mass is 10.1. The summed E-state index contributed by atoms with van der Waals surface area (Å²) in [7, 11) is 1.70. The smallest absolute Gasteiger partial charge is 0.191 e. The summed E-state index contributed by atoms with van der Waals surface area (Å²) in [6.45, 7) is 8.45. The number of benzene rings is 1. The highest BCUT2D eigenvalue weighted by Crippen LogP contribution is 2.19. The van der Waals surface area contributed by atoms with E-state index in [0.29, 0.717) is 6.54 Å². The van der Waals surface area contributed by atoms with Crippen molar-refractivity contribution in [1.29, 1.82) is 0 Å². The largest absolute Gasteiger partial charge is 0.496 e. The van der Waals surface area contributed by atoms with Gasteiger partial charge in [0, 0.05) is 26.2 Å². The molecule has 3 N–H and O–H groups in total. The third kappa shape index (κ3) is 8.41. The van der Waals surface area contributed by atoms with Crippen LogP contribution in [0.25, 0.3) is 0 Å². The number of hydrogen-bond donors (Lipinski definition) is 3. The lowest BCUT2D eigenvalue weighted by Gasteiger charge is -2.14. The van der Waals surface area contributed by atoms with Crippen molar-refractivity contribution in [2.24, 2.45) is 10.9 Å². The molecule has 6 heteroatoms. The maximum atomic E-state index is 9.06. The SMILES string of the molecule is CCNC(=NCC(C)CO)NCCc1cc(C)ccc1OC.I. The first-order valence-corrected chi connectivity index (χ1v) is 7.87. The lowest BCUT2D eigenvalue weighted by Crippen LogP contribution is -2.38. The maximum Gasteiger partial charge on any atom is 0.191 e. The van der Waals surface area contributed by atoms with E-state index in [0.717, 1.165) is 31.2 Å². The van der Waals surface area contributed by atoms with Gasteiger partial charge in [0.05, 0.1) is 7.11 Å². The summed E-state index contributed by atoms with van der Waals surface area (Å²) >= 11 is 0. The Morgan fingerprint density at radius 3 is 2.70 bits per heavy atom. The van der Waals surface area contributed by atoms with Gasteiger partial charge in [0.25, 0.3) is 0 Å². The average molecular weight is 435 g/mol. The Kier molecular flexibility index (Phi) is 11.9. The minimum atomic E-state index is 0. The summed E-state index contributed by atoms with van der Waals surface area (Å²) in [5, 5.41) is 15.6. The van der Waals surface area contributed by atoms with Crippen LogP contribution in [0.15, 0.2) is 23.2 Å². The molecule has 0 spiro atoms. The Labute approximate surface area is 156 Å². The highest BCUT2D eigenvalue weighted by Gasteiger charge is 2.05. The van der Waals surface area contributed by atoms with Crippen LogP contribution in [-0.4, -0.2) is 44.4 Å². The van der Waals surface area contributed by atoms with Crippen LogP contribution in [0.1, 0.15) is 25.0 Å². The van der Waals surface area contributed by atoms with Crippen LogP contribution in [0.2, 0.25) is 0 Å². The Hall–Kier alpha value is -1.02. The van der Waals surface area contributed by atoms with Crippen LogP contribution in [0, 0.1) is 12.8 Å². The van der Waals surface area contributed by atoms with Gasteiger partial charge in [0.2, 0.25) is 0 Å². The summed E-state index contributed by atoms with van der Waals surface area (Å²) in [6, 6.07) is 6.21. The van der Waals surface area contributed by atoms with Crippen molar-refractivity contribution in [2.45, 2.75) is 27.2 Å². The first-order valence-electron chi connectivity index (χ1n) is 7.87. The fourth-order valence-electron chi connectivity index (χ4n) is 2.06. The van der Waals surface area contributed by atoms with E-state index >= 15 is 0 Å². The molecule has 0 bridgehead atoms. The van der Waals surface area contributed by atoms with E-state index in [1.807, 2.05) is 19.9 Å². The molecule has 23 heavy (non-hydrogen) atoms. The number of guanidine groups is 1. The van der Waals surface area contributed by atoms with Gasteiger partial charge in [-0.1, -0.05) is 24.6 Å². The Balaban J connectivity index is 0.00000484. The minimum absolute atomic E-state index is 0. The second kappa shape index (κ2) is 12.4. The molecular weight excluding hydrogens is 405 g/mol. The predicted octanol–water partition coefficient (Wildman–Crippen LogP) is 2.35. The van der Waals surface area contributed by atoms with Crippen molar-refractivity contribution in [2.75, 3.05) is 33.4 Å². The van der Waals surface area contributed by atoms with E-state index in [1.165, 1.54) is 11.1 Å². The van der Waals surface area contributed by atoms with Gasteiger partial charge in [-0.3, -0.25) is 4.99 Å². The number of halogens is 1. The van der Waals surface area contributed by atoms with Crippen molar-refractivity contribution in [3.8, 4) is 5.75 Å². The van der Waals surface area contributed by atoms with Gasteiger partial charge in [-0.2, -0.15) is 0 Å². The topological polar surface area (TPSA) is 65.9 Å². The minimum Gasteiger partial charge on any atom is -0.496 e. The standard InChI is InChI=1S/C17H29N3O2.HI/c1-5-18-17(20-11-14(3)12-21)19-9-8-15-10-13(2)6-7-16(15)22-4;/h6-7,10,14,21H,5,8-9,11-12H2,1-4H3,(H2,18,19,20);1H. The normalized spacial score (nSPS) is 12.3. The van der Waals surface area contributed by atoms with Gasteiger partial charge in [-0.15, -0.1) is 24.0 Å². The summed E-state index contributed by atoms with van der Waals surface area (Å²) < 4.78 is 5.40. The quantitative estimate of drug-likeness (QED) is 0.333. The van der Waals surface area contributed by atoms with Crippen LogP contribution in [0.4, 0.5) is 0 Å². The van der Waals surface area contributed by atoms with Gasteiger partial charge in [0.15, 0.2) is 5.96 Å². The monoisotopic (exact) mass is 435 g/mol. The Morgan fingerprint density at radius 2 is 2.09 bits per heavy atom. The second-order valence-corrected chi connectivity index (χ2v) is 5.50. The molecule has 1 aromatic carbocycles. The van der Waals surface area contributed by atoms with E-state index in [-0.39, 0.29) is 36.5 Å². The maximum absolute atomic E-state index is 9.06. The zero-order valence-corrected chi connectivity index (χ0v) is 16.9. The molecule has 132 valence electrons. The zero-order valence-electron chi connectivity index (χ0n) is 14.6. The molecule has 0 aliphatic carbocycles. The van der Waals surface area contributed by atoms with Gasteiger partial charge in [-0.05, 0) is 37.8 Å². The molecule has 0 fully saturated rings. The first-order chi connectivity index (χ1) is 10.6. The van der Waals surface area contributed by atoms with Gasteiger partial charge in [-0.25, -0.2) is 0 Å². The lowest BCUT2D eigenvalue weighted by molar-refractivity contribution is 0.241. The molecule has 1 aromatic rings. The summed E-state index contributed by atoms with van der Waals surface area (Å²) in [4.78, 5) is 4.48. The number of aryl methyl sites for hydroxylation is 1. The Morgan fingerprint density at radius 1 is 1.35 bits per heavy atom. The summed E-state index contributed by atoms with van der Waals surface area (Å²) in [5.74, 6) is 1.88. The van der Waals surface area contributed by atoms with Crippen LogP contribution in [0.3, 0.4) is 0 Å². The molecule has 0 aliphatic heterocycles. The van der Waals surface area contributed by atoms with Crippen LogP contribution >= 0.6 is 24.0 Å². The van der Waals surface area contributed by atoms with Gasteiger partial charge in [0.1, 0.15) is 5.75 Å². The van der Waals surface area contributed by atoms with E-state index in [2.05, 4.69) is 34.7 Å². The number of nitrogens with zero attached hydrogens (tertiary/aromatic N) is 1. The van der Waals surface area contributed by atoms with Gasteiger partial charge < -0.3 is 20.5 Å². The van der Waals surface area contributed by atoms with Crippen LogP contribution in [-0.2, 0) is 6.42 Å². The number of aliphatic imine (C=N–C) groups is 1. The van der Waals surface area contributed by atoms with E-state index in [9.17, 15) is 0 Å². The van der Waals surface area contributed by atoms with Crippen molar-refractivity contribution in [1.82, 2.24) is 10.6 Å². The van der Waals surface area contributed by atoms with Gasteiger partial charge >= 0.3 is 0 Å². The third-order valence-electron chi connectivity index (χ3n) is 3.34. The third-order valence-corrected chi connectivity index (χ3v) is 3.34. The fourth-order valence-corrected chi connectivity index (χ4v) is 2.06. The molecule has 1 atom stereocenters. The van der Waals surface area contributed by atoms with Crippen LogP contribution in [0.5, 0.6) is 5.75 Å². The molecule has 0 saturated carbocycles. The van der Waals surface area contributed by atoms with E-state index < -0.39 is 0 Å². The number of methoxy groups -OCH3 is 1. The first kappa shape index (κ1) is 22.0. The number of ether oxygens (including phenoxy) is 1. The molecule has 0 saturated heterocycles. The van der Waals surface area contributed by atoms with Crippen molar-refractivity contribution < 1.29 is 9.84 Å². The van der Waals surface area contributed by atoms with E-state index in [4.69, 9.17) is 9.84 Å². The molecule has 0 radical (unpaired) electrons. The number of nitrogens with one attached hydrogen (secondary N) is 2. The predicted molar refractivity (Wildman–Crippen MR) is 107 cm³/mol. The fraction of sp³-hybridized carbons (Fsp3) is 0.588. The zero-order chi connectivity index (χ0) is 16.4. The highest BCUT2D eigenvalue weighted by molar-refractivity contribution is 14.0. The Bertz CT molecular complexity index is 481. The molecule has 0 aliphatic rings. The van der Waals surface area contributed by atoms with Crippen molar-refractivity contribution in [3.63, 3.8) is 0 Å². The highest BCUT2D eigenvalue weighted by atomic mass is 127. The molecule has 1 rings (SSSR count). The molecule has 0 amide bonds. The van der Waals surface area contributed by atoms with Crippen LogP contribution < -0.4 is 15.4 Å². The van der Waals surface area contributed by atoms with Crippen molar-refractivity contribution >= 4 is 29.9 Å². The summed E-state index contributed by atoms with van der Waals surface area (Å²) in [6.07, 6.45) is 0.866. The number of hydrogen-bond acceptors (Lipinski definition) is 3. The summed E-state index contributed by atoms with van der Waals surface area (Å²) in [5.41, 5.74) is 2.42.